The summed E-state index contributed by atoms with van der Waals surface area (Å²) in [6.07, 6.45) is 2.02. The summed E-state index contributed by atoms with van der Waals surface area (Å²) in [5, 5.41) is 4.09. The van der Waals surface area contributed by atoms with Gasteiger partial charge >= 0.3 is 0 Å². The number of halogens is 1. The van der Waals surface area contributed by atoms with E-state index in [0.717, 1.165) is 15.4 Å². The van der Waals surface area contributed by atoms with E-state index in [9.17, 15) is 4.79 Å². The molecule has 6 nitrogen and oxygen atoms in total. The molecule has 0 unspecified atom stereocenters. The molecule has 7 heteroatoms. The molecule has 0 aliphatic rings. The number of aromatic nitrogens is 1. The number of methoxy groups -OCH3 is 3. The van der Waals surface area contributed by atoms with Crippen molar-refractivity contribution >= 4 is 32.7 Å². The second kappa shape index (κ2) is 8.35. The molecule has 0 aliphatic carbocycles. The van der Waals surface area contributed by atoms with E-state index in [1.165, 1.54) is 21.3 Å². The third-order valence-electron chi connectivity index (χ3n) is 4.30. The van der Waals surface area contributed by atoms with Crippen molar-refractivity contribution in [2.75, 3.05) is 27.9 Å². The van der Waals surface area contributed by atoms with Gasteiger partial charge in [0.15, 0.2) is 11.5 Å². The summed E-state index contributed by atoms with van der Waals surface area (Å²) in [4.78, 5) is 12.5. The summed E-state index contributed by atoms with van der Waals surface area (Å²) >= 11 is 3.48. The van der Waals surface area contributed by atoms with Crippen LogP contribution < -0.4 is 19.5 Å². The number of amides is 1. The zero-order valence-corrected chi connectivity index (χ0v) is 17.0. The average molecular weight is 433 g/mol. The third kappa shape index (κ3) is 4.03. The van der Waals surface area contributed by atoms with E-state index in [4.69, 9.17) is 14.2 Å². The lowest BCUT2D eigenvalue weighted by atomic mass is 10.1. The molecule has 1 aromatic heterocycles. The molecular formula is C20H21BrN2O4. The number of carbonyl (C=O) groups is 1. The number of hydrogen-bond acceptors (Lipinski definition) is 4. The lowest BCUT2D eigenvalue weighted by molar-refractivity contribution is 0.0951. The summed E-state index contributed by atoms with van der Waals surface area (Å²) in [5.41, 5.74) is 1.58. The van der Waals surface area contributed by atoms with Gasteiger partial charge in [-0.15, -0.1) is 0 Å². The molecule has 0 radical (unpaired) electrons. The Morgan fingerprint density at radius 1 is 1.04 bits per heavy atom. The van der Waals surface area contributed by atoms with E-state index in [1.54, 1.807) is 12.1 Å². The maximum atomic E-state index is 12.5. The summed E-state index contributed by atoms with van der Waals surface area (Å²) in [6, 6.07) is 11.5. The largest absolute Gasteiger partial charge is 0.493 e. The molecule has 0 atom stereocenters. The van der Waals surface area contributed by atoms with E-state index in [-0.39, 0.29) is 5.91 Å². The van der Waals surface area contributed by atoms with Crippen LogP contribution in [-0.2, 0) is 6.54 Å². The topological polar surface area (TPSA) is 61.7 Å². The number of fused-ring (bicyclic) bond motifs is 1. The number of nitrogens with one attached hydrogen (secondary N) is 1. The minimum atomic E-state index is -0.201. The predicted molar refractivity (Wildman–Crippen MR) is 108 cm³/mol. The van der Waals surface area contributed by atoms with E-state index >= 15 is 0 Å². The van der Waals surface area contributed by atoms with Crippen molar-refractivity contribution in [3.8, 4) is 17.2 Å². The molecule has 0 spiro atoms. The molecule has 0 bridgehead atoms. The summed E-state index contributed by atoms with van der Waals surface area (Å²) < 4.78 is 19.0. The Morgan fingerprint density at radius 2 is 1.74 bits per heavy atom. The van der Waals surface area contributed by atoms with Gasteiger partial charge < -0.3 is 24.1 Å². The van der Waals surface area contributed by atoms with Gasteiger partial charge in [-0.3, -0.25) is 4.79 Å². The zero-order chi connectivity index (χ0) is 19.4. The Morgan fingerprint density at radius 3 is 2.37 bits per heavy atom. The van der Waals surface area contributed by atoms with Gasteiger partial charge in [0.1, 0.15) is 0 Å². The Labute approximate surface area is 166 Å². The molecule has 3 aromatic rings. The Bertz CT molecular complexity index is 943. The molecule has 142 valence electrons. The van der Waals surface area contributed by atoms with Crippen molar-refractivity contribution in [3.05, 3.63) is 52.6 Å². The quantitative estimate of drug-likeness (QED) is 0.615. The second-order valence-corrected chi connectivity index (χ2v) is 6.80. The van der Waals surface area contributed by atoms with Crippen LogP contribution in [0.15, 0.2) is 47.1 Å². The minimum absolute atomic E-state index is 0.201. The minimum Gasteiger partial charge on any atom is -0.493 e. The van der Waals surface area contributed by atoms with Crippen molar-refractivity contribution in [2.45, 2.75) is 6.54 Å². The molecule has 27 heavy (non-hydrogen) atoms. The molecule has 1 amide bonds. The molecule has 0 saturated heterocycles. The Hall–Kier alpha value is -2.67. The van der Waals surface area contributed by atoms with E-state index in [1.807, 2.05) is 12.3 Å². The molecule has 0 fully saturated rings. The van der Waals surface area contributed by atoms with Gasteiger partial charge in [-0.2, -0.15) is 0 Å². The van der Waals surface area contributed by atoms with Crippen LogP contribution in [-0.4, -0.2) is 38.3 Å². The van der Waals surface area contributed by atoms with Crippen LogP contribution in [0.3, 0.4) is 0 Å². The Kier molecular flexibility index (Phi) is 5.91. The van der Waals surface area contributed by atoms with Crippen molar-refractivity contribution < 1.29 is 19.0 Å². The highest BCUT2D eigenvalue weighted by Gasteiger charge is 2.16. The normalized spacial score (nSPS) is 10.7. The van der Waals surface area contributed by atoms with Crippen LogP contribution in [0, 0.1) is 0 Å². The smallest absolute Gasteiger partial charge is 0.251 e. The van der Waals surface area contributed by atoms with Crippen molar-refractivity contribution in [1.82, 2.24) is 9.88 Å². The van der Waals surface area contributed by atoms with E-state index in [2.05, 4.69) is 44.0 Å². The zero-order valence-electron chi connectivity index (χ0n) is 15.4. The van der Waals surface area contributed by atoms with E-state index in [0.29, 0.717) is 35.9 Å². The summed E-state index contributed by atoms with van der Waals surface area (Å²) in [6.45, 7) is 1.16. The molecule has 2 aromatic carbocycles. The van der Waals surface area contributed by atoms with Crippen LogP contribution in [0.4, 0.5) is 0 Å². The lowest BCUT2D eigenvalue weighted by Crippen LogP contribution is -2.27. The summed E-state index contributed by atoms with van der Waals surface area (Å²) in [5.74, 6) is 1.16. The SMILES string of the molecule is COc1cc(C(=O)NCCn2ccc3cc(Br)ccc32)cc(OC)c1OC. The van der Waals surface area contributed by atoms with Gasteiger partial charge in [-0.1, -0.05) is 15.9 Å². The average Bonchev–Trinajstić information content (AvgIpc) is 3.08. The first kappa shape index (κ1) is 19.1. The highest BCUT2D eigenvalue weighted by Crippen LogP contribution is 2.38. The van der Waals surface area contributed by atoms with Gasteiger partial charge in [0.25, 0.3) is 5.91 Å². The number of ether oxygens (including phenoxy) is 3. The first-order valence-electron chi connectivity index (χ1n) is 8.40. The first-order chi connectivity index (χ1) is 13.1. The lowest BCUT2D eigenvalue weighted by Gasteiger charge is -2.14. The van der Waals surface area contributed by atoms with Gasteiger partial charge in [0.2, 0.25) is 5.75 Å². The van der Waals surface area contributed by atoms with E-state index < -0.39 is 0 Å². The molecule has 1 heterocycles. The molecule has 0 saturated carbocycles. The number of nitrogens with zero attached hydrogens (tertiary/aromatic N) is 1. The monoisotopic (exact) mass is 432 g/mol. The first-order valence-corrected chi connectivity index (χ1v) is 9.19. The molecule has 3 rings (SSSR count). The number of rotatable bonds is 7. The molecule has 1 N–H and O–H groups in total. The fraction of sp³-hybridized carbons (Fsp3) is 0.250. The Balaban J connectivity index is 1.70. The van der Waals surface area contributed by atoms with Gasteiger partial charge in [0.05, 0.1) is 21.3 Å². The number of carbonyl (C=O) groups excluding carboxylic acids is 1. The van der Waals surface area contributed by atoms with Crippen LogP contribution in [0.2, 0.25) is 0 Å². The van der Waals surface area contributed by atoms with Crippen molar-refractivity contribution in [3.63, 3.8) is 0 Å². The van der Waals surface area contributed by atoms with Crippen LogP contribution >= 0.6 is 15.9 Å². The van der Waals surface area contributed by atoms with Crippen LogP contribution in [0.5, 0.6) is 17.2 Å². The van der Waals surface area contributed by atoms with Crippen molar-refractivity contribution in [2.24, 2.45) is 0 Å². The molecule has 0 aliphatic heterocycles. The maximum Gasteiger partial charge on any atom is 0.251 e. The molecular weight excluding hydrogens is 412 g/mol. The van der Waals surface area contributed by atoms with Crippen LogP contribution in [0.25, 0.3) is 10.9 Å². The fourth-order valence-corrected chi connectivity index (χ4v) is 3.35. The maximum absolute atomic E-state index is 12.5. The highest BCUT2D eigenvalue weighted by atomic mass is 79.9. The standard InChI is InChI=1S/C20H21BrN2O4/c1-25-17-11-14(12-18(26-2)19(17)27-3)20(24)22-7-9-23-8-6-13-10-15(21)4-5-16(13)23/h4-6,8,10-12H,7,9H2,1-3H3,(H,22,24). The number of hydrogen-bond donors (Lipinski definition) is 1. The van der Waals surface area contributed by atoms with Gasteiger partial charge in [-0.25, -0.2) is 0 Å². The highest BCUT2D eigenvalue weighted by molar-refractivity contribution is 9.10. The van der Waals surface area contributed by atoms with Gasteiger partial charge in [-0.05, 0) is 36.4 Å². The summed E-state index contributed by atoms with van der Waals surface area (Å²) in [7, 11) is 4.57. The van der Waals surface area contributed by atoms with Gasteiger partial charge in [0, 0.05) is 40.2 Å². The van der Waals surface area contributed by atoms with Crippen molar-refractivity contribution in [1.29, 1.82) is 0 Å². The predicted octanol–water partition coefficient (Wildman–Crippen LogP) is 3.86. The van der Waals surface area contributed by atoms with Crippen LogP contribution in [0.1, 0.15) is 10.4 Å². The third-order valence-corrected chi connectivity index (χ3v) is 4.79. The number of benzene rings is 2. The second-order valence-electron chi connectivity index (χ2n) is 5.88. The fourth-order valence-electron chi connectivity index (χ4n) is 2.97.